The van der Waals surface area contributed by atoms with Crippen LogP contribution in [0, 0.1) is 5.92 Å². The van der Waals surface area contributed by atoms with Gasteiger partial charge < -0.3 is 14.8 Å². The van der Waals surface area contributed by atoms with Crippen LogP contribution in [0.2, 0.25) is 0 Å². The number of anilines is 1. The Hall–Kier alpha value is -1.98. The van der Waals surface area contributed by atoms with Gasteiger partial charge in [-0.3, -0.25) is 0 Å². The Balaban J connectivity index is 2.93. The lowest BCUT2D eigenvalue weighted by atomic mass is 9.96. The molecule has 1 aromatic carbocycles. The highest BCUT2D eigenvalue weighted by molar-refractivity contribution is 5.58. The molecule has 2 atom stereocenters. The van der Waals surface area contributed by atoms with Gasteiger partial charge in [0.15, 0.2) is 0 Å². The topological polar surface area (TPSA) is 38.3 Å². The average Bonchev–Trinajstić information content (AvgIpc) is 2.42. The number of aldehydes is 1. The van der Waals surface area contributed by atoms with Gasteiger partial charge in [-0.05, 0) is 30.7 Å². The van der Waals surface area contributed by atoms with E-state index in [-0.39, 0.29) is 12.1 Å². The summed E-state index contributed by atoms with van der Waals surface area (Å²) in [5.41, 5.74) is 0.268. The smallest absolute Gasteiger partial charge is 0.409 e. The van der Waals surface area contributed by atoms with Gasteiger partial charge in [-0.2, -0.15) is 13.2 Å². The van der Waals surface area contributed by atoms with Crippen LogP contribution < -0.4 is 10.1 Å². The number of nitrogens with one attached hydrogen (secondary N) is 1. The number of benzene rings is 1. The maximum atomic E-state index is 13.0. The van der Waals surface area contributed by atoms with Crippen molar-refractivity contribution in [3.8, 4) is 5.75 Å². The first-order valence-corrected chi connectivity index (χ1v) is 5.96. The van der Waals surface area contributed by atoms with E-state index in [9.17, 15) is 18.0 Å². The Kier molecular flexibility index (Phi) is 5.61. The summed E-state index contributed by atoms with van der Waals surface area (Å²) in [7, 11) is 1.47. The summed E-state index contributed by atoms with van der Waals surface area (Å²) < 4.78 is 44.0. The fourth-order valence-electron chi connectivity index (χ4n) is 1.76. The second kappa shape index (κ2) is 6.98. The molecule has 1 aromatic rings. The van der Waals surface area contributed by atoms with Crippen molar-refractivity contribution in [3.63, 3.8) is 0 Å². The second-order valence-corrected chi connectivity index (χ2v) is 4.22. The fourth-order valence-corrected chi connectivity index (χ4v) is 1.76. The van der Waals surface area contributed by atoms with Gasteiger partial charge in [-0.1, -0.05) is 6.08 Å². The van der Waals surface area contributed by atoms with Crippen LogP contribution in [0.5, 0.6) is 5.75 Å². The van der Waals surface area contributed by atoms with Crippen molar-refractivity contribution in [1.29, 1.82) is 0 Å². The van der Waals surface area contributed by atoms with E-state index in [0.29, 0.717) is 12.0 Å². The molecule has 0 amide bonds. The lowest BCUT2D eigenvalue weighted by Crippen LogP contribution is -2.43. The van der Waals surface area contributed by atoms with E-state index < -0.39 is 18.1 Å². The van der Waals surface area contributed by atoms with E-state index in [1.807, 2.05) is 0 Å². The van der Waals surface area contributed by atoms with Gasteiger partial charge in [0.05, 0.1) is 7.11 Å². The van der Waals surface area contributed by atoms with E-state index in [4.69, 9.17) is 4.74 Å². The fraction of sp³-hybridized carbons (Fsp3) is 0.357. The molecule has 0 spiro atoms. The Labute approximate surface area is 115 Å². The second-order valence-electron chi connectivity index (χ2n) is 4.22. The molecule has 1 rings (SSSR count). The van der Waals surface area contributed by atoms with Gasteiger partial charge in [0.2, 0.25) is 0 Å². The molecule has 0 heterocycles. The summed E-state index contributed by atoms with van der Waals surface area (Å²) in [6.45, 7) is 3.37. The Morgan fingerprint density at radius 2 is 1.95 bits per heavy atom. The molecule has 0 saturated carbocycles. The van der Waals surface area contributed by atoms with Crippen LogP contribution in [0.4, 0.5) is 18.9 Å². The predicted molar refractivity (Wildman–Crippen MR) is 70.8 cm³/mol. The molecule has 0 bridgehead atoms. The number of ether oxygens (including phenoxy) is 1. The van der Waals surface area contributed by atoms with Crippen molar-refractivity contribution < 1.29 is 22.7 Å². The number of carbonyl (C=O) groups is 1. The molecule has 0 unspecified atom stereocenters. The van der Waals surface area contributed by atoms with Gasteiger partial charge in [-0.15, -0.1) is 6.58 Å². The van der Waals surface area contributed by atoms with Crippen LogP contribution in [-0.4, -0.2) is 25.6 Å². The number of methoxy groups -OCH3 is 1. The third kappa shape index (κ3) is 4.29. The molecule has 6 heteroatoms. The van der Waals surface area contributed by atoms with Crippen molar-refractivity contribution in [2.45, 2.75) is 18.6 Å². The van der Waals surface area contributed by atoms with Crippen LogP contribution in [0.1, 0.15) is 6.42 Å². The minimum absolute atomic E-state index is 0.0448. The van der Waals surface area contributed by atoms with Gasteiger partial charge in [-0.25, -0.2) is 0 Å². The van der Waals surface area contributed by atoms with E-state index in [2.05, 4.69) is 11.9 Å². The number of hydrogen-bond donors (Lipinski definition) is 1. The number of halogens is 3. The van der Waals surface area contributed by atoms with Crippen molar-refractivity contribution >= 4 is 12.0 Å². The quantitative estimate of drug-likeness (QED) is 0.617. The molecule has 0 aromatic heterocycles. The Morgan fingerprint density at radius 3 is 2.35 bits per heavy atom. The SMILES string of the molecule is C=CC[C@H](C=O)[C@H](Nc1ccc(OC)cc1)C(F)(F)F. The van der Waals surface area contributed by atoms with Crippen LogP contribution in [0.25, 0.3) is 0 Å². The van der Waals surface area contributed by atoms with E-state index in [1.54, 1.807) is 12.1 Å². The Morgan fingerprint density at radius 1 is 1.35 bits per heavy atom. The highest BCUT2D eigenvalue weighted by Gasteiger charge is 2.44. The van der Waals surface area contributed by atoms with Gasteiger partial charge >= 0.3 is 6.18 Å². The number of allylic oxidation sites excluding steroid dienone is 1. The summed E-state index contributed by atoms with van der Waals surface area (Å²) in [4.78, 5) is 10.9. The number of carbonyl (C=O) groups excluding carboxylic acids is 1. The van der Waals surface area contributed by atoms with Crippen LogP contribution >= 0.6 is 0 Å². The summed E-state index contributed by atoms with van der Waals surface area (Å²) >= 11 is 0. The molecule has 0 aliphatic heterocycles. The molecule has 0 fully saturated rings. The van der Waals surface area contributed by atoms with Crippen molar-refractivity contribution in [3.05, 3.63) is 36.9 Å². The van der Waals surface area contributed by atoms with Crippen LogP contribution in [0.15, 0.2) is 36.9 Å². The third-order valence-electron chi connectivity index (χ3n) is 2.81. The summed E-state index contributed by atoms with van der Waals surface area (Å²) in [6, 6.07) is 4.06. The first-order chi connectivity index (χ1) is 9.42. The molecule has 0 aliphatic rings. The largest absolute Gasteiger partial charge is 0.497 e. The van der Waals surface area contributed by atoms with Crippen molar-refractivity contribution in [2.75, 3.05) is 12.4 Å². The highest BCUT2D eigenvalue weighted by atomic mass is 19.4. The molecule has 110 valence electrons. The lowest BCUT2D eigenvalue weighted by Gasteiger charge is -2.26. The van der Waals surface area contributed by atoms with Gasteiger partial charge in [0.1, 0.15) is 18.1 Å². The molecule has 1 N–H and O–H groups in total. The predicted octanol–water partition coefficient (Wildman–Crippen LogP) is 3.43. The first-order valence-electron chi connectivity index (χ1n) is 5.96. The normalized spacial score (nSPS) is 14.2. The molecule has 3 nitrogen and oxygen atoms in total. The average molecular weight is 287 g/mol. The lowest BCUT2D eigenvalue weighted by molar-refractivity contribution is -0.156. The monoisotopic (exact) mass is 287 g/mol. The maximum absolute atomic E-state index is 13.0. The van der Waals surface area contributed by atoms with Crippen LogP contribution in [-0.2, 0) is 4.79 Å². The zero-order valence-electron chi connectivity index (χ0n) is 11.0. The third-order valence-corrected chi connectivity index (χ3v) is 2.81. The number of rotatable bonds is 7. The maximum Gasteiger partial charge on any atom is 0.409 e. The van der Waals surface area contributed by atoms with Gasteiger partial charge in [0, 0.05) is 11.6 Å². The van der Waals surface area contributed by atoms with Crippen molar-refractivity contribution in [1.82, 2.24) is 0 Å². The Bertz CT molecular complexity index is 443. The van der Waals surface area contributed by atoms with Crippen LogP contribution in [0.3, 0.4) is 0 Å². The molecule has 0 aliphatic carbocycles. The molecule has 20 heavy (non-hydrogen) atoms. The van der Waals surface area contributed by atoms with Gasteiger partial charge in [0.25, 0.3) is 0 Å². The minimum atomic E-state index is -4.53. The zero-order valence-corrected chi connectivity index (χ0v) is 11.0. The zero-order chi connectivity index (χ0) is 15.2. The number of hydrogen-bond acceptors (Lipinski definition) is 3. The highest BCUT2D eigenvalue weighted by Crippen LogP contribution is 2.30. The standard InChI is InChI=1S/C14H16F3NO2/c1-3-4-10(9-19)13(14(15,16)17)18-11-5-7-12(20-2)8-6-11/h3,5-10,13,18H,1,4H2,2H3/t10-,13+/m1/s1. The van der Waals surface area contributed by atoms with Crippen molar-refractivity contribution in [2.24, 2.45) is 5.92 Å². The molecular weight excluding hydrogens is 271 g/mol. The summed E-state index contributed by atoms with van der Waals surface area (Å²) in [6.07, 6.45) is -2.98. The summed E-state index contributed by atoms with van der Waals surface area (Å²) in [5, 5.41) is 2.35. The number of alkyl halides is 3. The summed E-state index contributed by atoms with van der Waals surface area (Å²) in [5.74, 6) is -0.674. The van der Waals surface area contributed by atoms with E-state index >= 15 is 0 Å². The van der Waals surface area contributed by atoms with E-state index in [0.717, 1.165) is 0 Å². The molecule has 0 saturated heterocycles. The molecule has 0 radical (unpaired) electrons. The molecular formula is C14H16F3NO2. The first kappa shape index (κ1) is 16.1. The minimum Gasteiger partial charge on any atom is -0.497 e. The van der Waals surface area contributed by atoms with E-state index in [1.165, 1.54) is 25.3 Å².